The Morgan fingerprint density at radius 2 is 1.70 bits per heavy atom. The van der Waals surface area contributed by atoms with Crippen LogP contribution in [0.15, 0.2) is 24.3 Å². The van der Waals surface area contributed by atoms with Crippen LogP contribution in [0.2, 0.25) is 0 Å². The molecule has 0 radical (unpaired) electrons. The van der Waals surface area contributed by atoms with E-state index in [0.29, 0.717) is 0 Å². The molecule has 3 N–H and O–H groups in total. The monoisotopic (exact) mass is 288 g/mol. The van der Waals surface area contributed by atoms with E-state index in [2.05, 4.69) is 5.32 Å². The summed E-state index contributed by atoms with van der Waals surface area (Å²) >= 11 is 0. The summed E-state index contributed by atoms with van der Waals surface area (Å²) < 4.78 is 37.8. The number of anilines is 1. The molecule has 0 aliphatic carbocycles. The first-order valence-electron chi connectivity index (χ1n) is 6.13. The van der Waals surface area contributed by atoms with Crippen molar-refractivity contribution in [1.29, 1.82) is 0 Å². The van der Waals surface area contributed by atoms with Crippen molar-refractivity contribution in [3.8, 4) is 0 Å². The Hall–Kier alpha value is -1.56. The number of alkyl halides is 3. The maximum absolute atomic E-state index is 12.6. The molecular weight excluding hydrogens is 269 g/mol. The lowest BCUT2D eigenvalue weighted by Crippen LogP contribution is -2.53. The van der Waals surface area contributed by atoms with Crippen molar-refractivity contribution in [3.63, 3.8) is 0 Å². The highest BCUT2D eigenvalue weighted by Crippen LogP contribution is 2.32. The molecule has 1 aromatic rings. The molecule has 0 heterocycles. The molecular formula is C14H19F3N2O. The smallest absolute Gasteiger partial charge is 0.326 e. The third-order valence-corrected chi connectivity index (χ3v) is 3.63. The summed E-state index contributed by atoms with van der Waals surface area (Å²) in [5.41, 5.74) is 3.48. The van der Waals surface area contributed by atoms with Gasteiger partial charge in [0.05, 0.1) is 11.0 Å². The standard InChI is InChI=1S/C14H19F3N2O/c1-12(2,13(3,4)18)11(20)19-10-7-5-6-9(8-10)14(15,16)17/h5-8H,18H2,1-4H3,(H,19,20). The zero-order chi connectivity index (χ0) is 15.8. The lowest BCUT2D eigenvalue weighted by atomic mass is 9.74. The molecule has 0 aliphatic heterocycles. The number of halogens is 3. The van der Waals surface area contributed by atoms with Crippen LogP contribution in [0, 0.1) is 5.41 Å². The van der Waals surface area contributed by atoms with E-state index in [-0.39, 0.29) is 5.69 Å². The molecule has 0 saturated heterocycles. The lowest BCUT2D eigenvalue weighted by molar-refractivity contribution is -0.137. The maximum atomic E-state index is 12.6. The second-order valence-electron chi connectivity index (χ2n) is 5.88. The van der Waals surface area contributed by atoms with Crippen LogP contribution in [-0.4, -0.2) is 11.4 Å². The fourth-order valence-corrected chi connectivity index (χ4v) is 1.35. The highest BCUT2D eigenvalue weighted by atomic mass is 19.4. The number of hydrogen-bond acceptors (Lipinski definition) is 2. The number of carbonyl (C=O) groups is 1. The van der Waals surface area contributed by atoms with Crippen LogP contribution in [0.25, 0.3) is 0 Å². The van der Waals surface area contributed by atoms with E-state index < -0.39 is 28.6 Å². The number of rotatable bonds is 3. The van der Waals surface area contributed by atoms with Gasteiger partial charge in [0, 0.05) is 11.2 Å². The van der Waals surface area contributed by atoms with Crippen molar-refractivity contribution in [2.45, 2.75) is 39.4 Å². The summed E-state index contributed by atoms with van der Waals surface area (Å²) in [7, 11) is 0. The van der Waals surface area contributed by atoms with Gasteiger partial charge in [0.15, 0.2) is 0 Å². The second-order valence-corrected chi connectivity index (χ2v) is 5.88. The van der Waals surface area contributed by atoms with E-state index in [1.807, 2.05) is 0 Å². The minimum absolute atomic E-state index is 0.0992. The van der Waals surface area contributed by atoms with E-state index in [1.165, 1.54) is 12.1 Å². The number of carbonyl (C=O) groups excluding carboxylic acids is 1. The molecule has 6 heteroatoms. The fourth-order valence-electron chi connectivity index (χ4n) is 1.35. The van der Waals surface area contributed by atoms with Crippen LogP contribution in [0.1, 0.15) is 33.3 Å². The lowest BCUT2D eigenvalue weighted by Gasteiger charge is -2.36. The average molecular weight is 288 g/mol. The Bertz CT molecular complexity index is 502. The largest absolute Gasteiger partial charge is 0.416 e. The molecule has 0 spiro atoms. The maximum Gasteiger partial charge on any atom is 0.416 e. The van der Waals surface area contributed by atoms with Crippen LogP contribution in [0.5, 0.6) is 0 Å². The van der Waals surface area contributed by atoms with Crippen molar-refractivity contribution in [3.05, 3.63) is 29.8 Å². The Balaban J connectivity index is 2.98. The van der Waals surface area contributed by atoms with Gasteiger partial charge in [-0.1, -0.05) is 6.07 Å². The topological polar surface area (TPSA) is 55.1 Å². The minimum atomic E-state index is -4.44. The van der Waals surface area contributed by atoms with Gasteiger partial charge in [-0.25, -0.2) is 0 Å². The third kappa shape index (κ3) is 3.50. The van der Waals surface area contributed by atoms with E-state index >= 15 is 0 Å². The zero-order valence-electron chi connectivity index (χ0n) is 11.9. The highest BCUT2D eigenvalue weighted by molar-refractivity contribution is 5.95. The highest BCUT2D eigenvalue weighted by Gasteiger charge is 2.40. The van der Waals surface area contributed by atoms with Crippen LogP contribution in [0.4, 0.5) is 18.9 Å². The normalized spacial score (nSPS) is 13.2. The van der Waals surface area contributed by atoms with Gasteiger partial charge in [-0.05, 0) is 45.9 Å². The van der Waals surface area contributed by atoms with Gasteiger partial charge in [0.2, 0.25) is 5.91 Å². The molecule has 0 unspecified atom stereocenters. The Morgan fingerprint density at radius 3 is 2.15 bits per heavy atom. The van der Waals surface area contributed by atoms with Crippen molar-refractivity contribution in [1.82, 2.24) is 0 Å². The van der Waals surface area contributed by atoms with Crippen LogP contribution < -0.4 is 11.1 Å². The van der Waals surface area contributed by atoms with Gasteiger partial charge < -0.3 is 11.1 Å². The van der Waals surface area contributed by atoms with Crippen molar-refractivity contribution < 1.29 is 18.0 Å². The predicted molar refractivity (Wildman–Crippen MR) is 72.1 cm³/mol. The van der Waals surface area contributed by atoms with Gasteiger partial charge in [-0.2, -0.15) is 13.2 Å². The number of hydrogen-bond donors (Lipinski definition) is 2. The first kappa shape index (κ1) is 16.5. The number of nitrogens with two attached hydrogens (primary N) is 1. The van der Waals surface area contributed by atoms with Crippen LogP contribution in [-0.2, 0) is 11.0 Å². The van der Waals surface area contributed by atoms with Crippen molar-refractivity contribution in [2.24, 2.45) is 11.1 Å². The van der Waals surface area contributed by atoms with Crippen molar-refractivity contribution in [2.75, 3.05) is 5.32 Å². The molecule has 0 fully saturated rings. The Labute approximate surface area is 116 Å². The molecule has 0 aliphatic rings. The molecule has 20 heavy (non-hydrogen) atoms. The number of benzene rings is 1. The van der Waals surface area contributed by atoms with Gasteiger partial charge in [0.1, 0.15) is 0 Å². The first-order chi connectivity index (χ1) is 8.85. The molecule has 1 amide bonds. The van der Waals surface area contributed by atoms with E-state index in [1.54, 1.807) is 27.7 Å². The van der Waals surface area contributed by atoms with Gasteiger partial charge in [0.25, 0.3) is 0 Å². The molecule has 112 valence electrons. The van der Waals surface area contributed by atoms with E-state index in [0.717, 1.165) is 12.1 Å². The second kappa shape index (κ2) is 5.09. The summed E-state index contributed by atoms with van der Waals surface area (Å²) in [6.45, 7) is 6.68. The molecule has 0 bridgehead atoms. The molecule has 0 saturated carbocycles. The van der Waals surface area contributed by atoms with Crippen molar-refractivity contribution >= 4 is 11.6 Å². The number of amides is 1. The van der Waals surface area contributed by atoms with Crippen LogP contribution >= 0.6 is 0 Å². The van der Waals surface area contributed by atoms with E-state index in [9.17, 15) is 18.0 Å². The molecule has 1 aromatic carbocycles. The van der Waals surface area contributed by atoms with Crippen LogP contribution in [0.3, 0.4) is 0 Å². The average Bonchev–Trinajstić information content (AvgIpc) is 2.26. The van der Waals surface area contributed by atoms with Gasteiger partial charge >= 0.3 is 6.18 Å². The quantitative estimate of drug-likeness (QED) is 0.895. The minimum Gasteiger partial charge on any atom is -0.326 e. The fraction of sp³-hybridized carbons (Fsp3) is 0.500. The van der Waals surface area contributed by atoms with E-state index in [4.69, 9.17) is 5.73 Å². The predicted octanol–water partition coefficient (Wildman–Crippen LogP) is 3.41. The third-order valence-electron chi connectivity index (χ3n) is 3.63. The molecule has 0 atom stereocenters. The SMILES string of the molecule is CC(C)(N)C(C)(C)C(=O)Nc1cccc(C(F)(F)F)c1. The summed E-state index contributed by atoms with van der Waals surface area (Å²) in [5, 5.41) is 2.48. The molecule has 1 rings (SSSR count). The molecule has 0 aromatic heterocycles. The zero-order valence-corrected chi connectivity index (χ0v) is 11.9. The Morgan fingerprint density at radius 1 is 1.15 bits per heavy atom. The van der Waals surface area contributed by atoms with Gasteiger partial charge in [-0.3, -0.25) is 4.79 Å². The summed E-state index contributed by atoms with van der Waals surface area (Å²) in [5.74, 6) is -0.427. The summed E-state index contributed by atoms with van der Waals surface area (Å²) in [4.78, 5) is 12.2. The molecule has 3 nitrogen and oxygen atoms in total. The number of nitrogens with one attached hydrogen (secondary N) is 1. The summed E-state index contributed by atoms with van der Waals surface area (Å²) in [6.07, 6.45) is -4.44. The summed E-state index contributed by atoms with van der Waals surface area (Å²) in [6, 6.07) is 4.51. The first-order valence-corrected chi connectivity index (χ1v) is 6.13. The Kier molecular flexibility index (Phi) is 4.20. The van der Waals surface area contributed by atoms with Gasteiger partial charge in [-0.15, -0.1) is 0 Å².